The molecule has 0 radical (unpaired) electrons. The summed E-state index contributed by atoms with van der Waals surface area (Å²) in [7, 11) is -4.60. The molecule has 64 valence electrons. The Morgan fingerprint density at radius 1 is 1.55 bits per heavy atom. The van der Waals surface area contributed by atoms with Crippen molar-refractivity contribution in [2.45, 2.75) is 6.92 Å². The summed E-state index contributed by atoms with van der Waals surface area (Å²) in [5.41, 5.74) is -0.284. The number of phosphoric ester groups is 1. The van der Waals surface area contributed by atoms with Gasteiger partial charge in [-0.1, -0.05) is 0 Å². The van der Waals surface area contributed by atoms with Gasteiger partial charge in [0.2, 0.25) is 0 Å². The zero-order valence-corrected chi connectivity index (χ0v) is 6.49. The summed E-state index contributed by atoms with van der Waals surface area (Å²) in [6.45, 7) is 1.15. The highest BCUT2D eigenvalue weighted by molar-refractivity contribution is 7.46. The van der Waals surface area contributed by atoms with Crippen LogP contribution >= 0.6 is 7.82 Å². The Morgan fingerprint density at radius 2 is 2.00 bits per heavy atom. The molecule has 0 saturated carbocycles. The molecule has 6 nitrogen and oxygen atoms in total. The third-order valence-corrected chi connectivity index (χ3v) is 1.08. The third kappa shape index (κ3) is 5.60. The molecular formula is C4H7O6P. The second kappa shape index (κ2) is 3.52. The lowest BCUT2D eigenvalue weighted by atomic mass is 10.4. The number of phosphoric acid groups is 1. The second-order valence-corrected chi connectivity index (χ2v) is 2.89. The minimum absolute atomic E-state index is 0.284. The molecule has 0 fully saturated rings. The first-order chi connectivity index (χ1) is 4.83. The van der Waals surface area contributed by atoms with Gasteiger partial charge < -0.3 is 9.63 Å². The van der Waals surface area contributed by atoms with E-state index in [1.807, 2.05) is 0 Å². The molecular weight excluding hydrogens is 175 g/mol. The molecule has 0 atom stereocenters. The van der Waals surface area contributed by atoms with Gasteiger partial charge in [-0.05, 0) is 6.92 Å². The zero-order valence-electron chi connectivity index (χ0n) is 5.59. The number of carboxylic acid groups (broad SMARTS) is 1. The van der Waals surface area contributed by atoms with E-state index < -0.39 is 13.8 Å². The number of hydrogen-bond donors (Lipinski definition) is 3. The Bertz CT molecular complexity index is 225. The quantitative estimate of drug-likeness (QED) is 0.324. The average Bonchev–Trinajstić information content (AvgIpc) is 1.80. The van der Waals surface area contributed by atoms with E-state index in [9.17, 15) is 9.36 Å². The van der Waals surface area contributed by atoms with Gasteiger partial charge in [-0.2, -0.15) is 0 Å². The van der Waals surface area contributed by atoms with Crippen LogP contribution in [0.25, 0.3) is 0 Å². The zero-order chi connectivity index (χ0) is 9.07. The van der Waals surface area contributed by atoms with Crippen LogP contribution in [0.5, 0.6) is 0 Å². The molecule has 0 aliphatic carbocycles. The Labute approximate surface area is 62.4 Å². The minimum atomic E-state index is -4.60. The van der Waals surface area contributed by atoms with E-state index in [1.165, 1.54) is 0 Å². The fourth-order valence-electron chi connectivity index (χ4n) is 0.198. The predicted octanol–water partition coefficient (Wildman–Crippen LogP) is 0.0841. The summed E-state index contributed by atoms with van der Waals surface area (Å²) < 4.78 is 13.8. The molecule has 0 aliphatic rings. The van der Waals surface area contributed by atoms with E-state index in [0.29, 0.717) is 6.26 Å². The van der Waals surface area contributed by atoms with Crippen molar-refractivity contribution in [2.24, 2.45) is 0 Å². The van der Waals surface area contributed by atoms with Crippen LogP contribution in [0.2, 0.25) is 0 Å². The van der Waals surface area contributed by atoms with E-state index >= 15 is 0 Å². The molecule has 0 aliphatic heterocycles. The lowest BCUT2D eigenvalue weighted by Crippen LogP contribution is -1.96. The molecule has 0 aromatic heterocycles. The van der Waals surface area contributed by atoms with Crippen LogP contribution in [0, 0.1) is 0 Å². The first kappa shape index (κ1) is 10.2. The molecule has 0 spiro atoms. The molecule has 0 aromatic carbocycles. The number of rotatable bonds is 3. The molecule has 3 N–H and O–H groups in total. The van der Waals surface area contributed by atoms with Crippen LogP contribution in [-0.4, -0.2) is 20.9 Å². The van der Waals surface area contributed by atoms with Crippen molar-refractivity contribution < 1.29 is 28.8 Å². The molecule has 0 heterocycles. The summed E-state index contributed by atoms with van der Waals surface area (Å²) in [4.78, 5) is 26.2. The van der Waals surface area contributed by atoms with E-state index in [1.54, 1.807) is 0 Å². The van der Waals surface area contributed by atoms with Crippen molar-refractivity contribution in [2.75, 3.05) is 0 Å². The van der Waals surface area contributed by atoms with Gasteiger partial charge >= 0.3 is 13.8 Å². The van der Waals surface area contributed by atoms with E-state index in [-0.39, 0.29) is 5.57 Å². The van der Waals surface area contributed by atoms with Crippen molar-refractivity contribution in [1.82, 2.24) is 0 Å². The Morgan fingerprint density at radius 3 is 2.27 bits per heavy atom. The van der Waals surface area contributed by atoms with Crippen LogP contribution in [0.15, 0.2) is 11.8 Å². The molecule has 0 saturated heterocycles. The Hall–Kier alpha value is -0.840. The molecule has 0 rings (SSSR count). The van der Waals surface area contributed by atoms with Crippen molar-refractivity contribution in [1.29, 1.82) is 0 Å². The van der Waals surface area contributed by atoms with Gasteiger partial charge in [-0.15, -0.1) is 0 Å². The van der Waals surface area contributed by atoms with Gasteiger partial charge in [0.05, 0.1) is 5.57 Å². The maximum atomic E-state index is 10.0. The largest absolute Gasteiger partial charge is 0.524 e. The van der Waals surface area contributed by atoms with Gasteiger partial charge in [-0.25, -0.2) is 9.36 Å². The van der Waals surface area contributed by atoms with E-state index in [0.717, 1.165) is 6.92 Å². The Balaban J connectivity index is 4.15. The highest BCUT2D eigenvalue weighted by atomic mass is 31.2. The molecule has 0 aromatic rings. The van der Waals surface area contributed by atoms with Crippen molar-refractivity contribution in [3.05, 3.63) is 11.8 Å². The minimum Gasteiger partial charge on any atom is -0.478 e. The maximum Gasteiger partial charge on any atom is 0.524 e. The third-order valence-electron chi connectivity index (χ3n) is 0.704. The molecule has 0 unspecified atom stereocenters. The lowest BCUT2D eigenvalue weighted by Gasteiger charge is -2.00. The van der Waals surface area contributed by atoms with Crippen LogP contribution < -0.4 is 0 Å². The number of aliphatic carboxylic acids is 1. The van der Waals surface area contributed by atoms with Gasteiger partial charge in [-0.3, -0.25) is 9.79 Å². The molecule has 7 heteroatoms. The van der Waals surface area contributed by atoms with Crippen LogP contribution in [0.1, 0.15) is 6.92 Å². The first-order valence-corrected chi connectivity index (χ1v) is 4.00. The van der Waals surface area contributed by atoms with Gasteiger partial charge in [0, 0.05) is 0 Å². The van der Waals surface area contributed by atoms with Crippen LogP contribution in [0.4, 0.5) is 0 Å². The summed E-state index contributed by atoms with van der Waals surface area (Å²) >= 11 is 0. The fraction of sp³-hybridized carbons (Fsp3) is 0.250. The normalized spacial score (nSPS) is 12.8. The number of carbonyl (C=O) groups is 1. The lowest BCUT2D eigenvalue weighted by molar-refractivity contribution is -0.132. The maximum absolute atomic E-state index is 10.0. The van der Waals surface area contributed by atoms with Crippen molar-refractivity contribution in [3.63, 3.8) is 0 Å². The Kier molecular flexibility index (Phi) is 3.25. The monoisotopic (exact) mass is 182 g/mol. The van der Waals surface area contributed by atoms with Crippen LogP contribution in [-0.2, 0) is 13.9 Å². The molecule has 11 heavy (non-hydrogen) atoms. The van der Waals surface area contributed by atoms with Gasteiger partial charge in [0.15, 0.2) is 0 Å². The number of carboxylic acids is 1. The highest BCUT2D eigenvalue weighted by Gasteiger charge is 2.13. The average molecular weight is 182 g/mol. The number of hydrogen-bond acceptors (Lipinski definition) is 3. The smallest absolute Gasteiger partial charge is 0.478 e. The van der Waals surface area contributed by atoms with Crippen molar-refractivity contribution >= 4 is 13.8 Å². The second-order valence-electron chi connectivity index (χ2n) is 1.70. The topological polar surface area (TPSA) is 104 Å². The summed E-state index contributed by atoms with van der Waals surface area (Å²) in [5.74, 6) is -1.29. The molecule has 0 bridgehead atoms. The van der Waals surface area contributed by atoms with Crippen LogP contribution in [0.3, 0.4) is 0 Å². The highest BCUT2D eigenvalue weighted by Crippen LogP contribution is 2.36. The van der Waals surface area contributed by atoms with Gasteiger partial charge in [0.1, 0.15) is 6.26 Å². The SMILES string of the molecule is CC(=COP(=O)(O)O)C(=O)O. The summed E-state index contributed by atoms with van der Waals surface area (Å²) in [6, 6.07) is 0. The fourth-order valence-corrected chi connectivity index (χ4v) is 0.494. The van der Waals surface area contributed by atoms with Gasteiger partial charge in [0.25, 0.3) is 0 Å². The summed E-state index contributed by atoms with van der Waals surface area (Å²) in [5, 5.41) is 8.18. The van der Waals surface area contributed by atoms with E-state index in [4.69, 9.17) is 14.9 Å². The predicted molar refractivity (Wildman–Crippen MR) is 34.5 cm³/mol. The first-order valence-electron chi connectivity index (χ1n) is 2.47. The molecule has 0 amide bonds. The summed E-state index contributed by atoms with van der Waals surface area (Å²) in [6.07, 6.45) is 0.503. The standard InChI is InChI=1S/C4H7O6P/c1-3(4(5)6)2-10-11(7,8)9/h2H,1H3,(H,5,6)(H2,7,8,9). The van der Waals surface area contributed by atoms with E-state index in [2.05, 4.69) is 4.52 Å². The van der Waals surface area contributed by atoms with Crippen molar-refractivity contribution in [3.8, 4) is 0 Å².